The maximum absolute atomic E-state index is 12.8. The lowest BCUT2D eigenvalue weighted by molar-refractivity contribution is -0.131. The second-order valence-electron chi connectivity index (χ2n) is 8.27. The van der Waals surface area contributed by atoms with Gasteiger partial charge in [0.05, 0.1) is 23.4 Å². The van der Waals surface area contributed by atoms with Crippen molar-refractivity contribution in [1.29, 1.82) is 0 Å². The van der Waals surface area contributed by atoms with E-state index in [1.54, 1.807) is 7.11 Å². The number of amides is 2. The highest BCUT2D eigenvalue weighted by Crippen LogP contribution is 2.25. The van der Waals surface area contributed by atoms with Gasteiger partial charge in [0.2, 0.25) is 11.8 Å². The molecule has 0 bridgehead atoms. The number of fused-ring (bicyclic) bond motifs is 1. The molecule has 2 aromatic carbocycles. The van der Waals surface area contributed by atoms with Crippen molar-refractivity contribution in [3.63, 3.8) is 0 Å². The van der Waals surface area contributed by atoms with Crippen LogP contribution in [0.4, 0.5) is 5.13 Å². The van der Waals surface area contributed by atoms with Crippen LogP contribution >= 0.6 is 11.3 Å². The van der Waals surface area contributed by atoms with Crippen molar-refractivity contribution in [1.82, 2.24) is 14.8 Å². The molecule has 0 radical (unpaired) electrons. The summed E-state index contributed by atoms with van der Waals surface area (Å²) in [6.07, 6.45) is 2.05. The zero-order valence-corrected chi connectivity index (χ0v) is 19.9. The molecule has 2 amide bonds. The van der Waals surface area contributed by atoms with Crippen LogP contribution in [0.15, 0.2) is 48.5 Å². The van der Waals surface area contributed by atoms with E-state index in [0.29, 0.717) is 31.1 Å². The van der Waals surface area contributed by atoms with Crippen molar-refractivity contribution >= 4 is 38.5 Å². The number of anilines is 1. The highest BCUT2D eigenvalue weighted by molar-refractivity contribution is 7.22. The van der Waals surface area contributed by atoms with Crippen LogP contribution in [0, 0.1) is 0 Å². The molecular formula is C25H30N4O3S. The van der Waals surface area contributed by atoms with Gasteiger partial charge in [0, 0.05) is 32.6 Å². The number of benzene rings is 2. The number of carbonyl (C=O) groups is 2. The van der Waals surface area contributed by atoms with Gasteiger partial charge < -0.3 is 15.0 Å². The van der Waals surface area contributed by atoms with E-state index in [0.717, 1.165) is 41.0 Å². The quantitative estimate of drug-likeness (QED) is 0.573. The molecule has 8 heteroatoms. The predicted octanol–water partition coefficient (Wildman–Crippen LogP) is 3.80. The summed E-state index contributed by atoms with van der Waals surface area (Å²) < 4.78 is 6.24. The minimum Gasteiger partial charge on any atom is -0.497 e. The lowest BCUT2D eigenvalue weighted by atomic mass is 10.1. The van der Waals surface area contributed by atoms with Crippen molar-refractivity contribution in [2.45, 2.75) is 32.2 Å². The second kappa shape index (κ2) is 10.8. The molecule has 0 saturated carbocycles. The number of para-hydroxylation sites is 1. The Bertz CT molecular complexity index is 1070. The second-order valence-corrected chi connectivity index (χ2v) is 9.30. The van der Waals surface area contributed by atoms with E-state index >= 15 is 0 Å². The van der Waals surface area contributed by atoms with Crippen LogP contribution in [0.2, 0.25) is 0 Å². The minimum absolute atomic E-state index is 0.0617. The van der Waals surface area contributed by atoms with E-state index in [2.05, 4.69) is 15.2 Å². The van der Waals surface area contributed by atoms with Crippen molar-refractivity contribution in [3.8, 4) is 5.75 Å². The summed E-state index contributed by atoms with van der Waals surface area (Å²) in [5.74, 6) is 0.923. The number of aromatic nitrogens is 1. The van der Waals surface area contributed by atoms with Crippen LogP contribution in [0.5, 0.6) is 5.75 Å². The summed E-state index contributed by atoms with van der Waals surface area (Å²) in [7, 11) is 1.65. The largest absolute Gasteiger partial charge is 0.497 e. The minimum atomic E-state index is -0.286. The average molecular weight is 467 g/mol. The third kappa shape index (κ3) is 5.89. The first-order valence-corrected chi connectivity index (χ1v) is 12.2. The number of nitrogens with one attached hydrogen (secondary N) is 1. The summed E-state index contributed by atoms with van der Waals surface area (Å²) in [4.78, 5) is 34.2. The first-order chi connectivity index (χ1) is 16.0. The molecular weight excluding hydrogens is 436 g/mol. The zero-order chi connectivity index (χ0) is 23.2. The molecule has 1 atom stereocenters. The molecule has 1 aliphatic rings. The first kappa shape index (κ1) is 23.2. The monoisotopic (exact) mass is 466 g/mol. The van der Waals surface area contributed by atoms with Gasteiger partial charge in [-0.3, -0.25) is 14.5 Å². The molecule has 0 aliphatic carbocycles. The Labute approximate surface area is 198 Å². The maximum Gasteiger partial charge on any atom is 0.243 e. The van der Waals surface area contributed by atoms with E-state index in [-0.39, 0.29) is 17.9 Å². The van der Waals surface area contributed by atoms with E-state index in [4.69, 9.17) is 4.74 Å². The number of rotatable bonds is 7. The van der Waals surface area contributed by atoms with Gasteiger partial charge in [0.1, 0.15) is 5.75 Å². The molecule has 1 unspecified atom stereocenters. The van der Waals surface area contributed by atoms with E-state index in [1.807, 2.05) is 60.4 Å². The molecule has 1 N–H and O–H groups in total. The summed E-state index contributed by atoms with van der Waals surface area (Å²) >= 11 is 1.48. The number of methoxy groups -OCH3 is 1. The predicted molar refractivity (Wildman–Crippen MR) is 132 cm³/mol. The number of thiazole rings is 1. The van der Waals surface area contributed by atoms with Gasteiger partial charge in [-0.25, -0.2) is 4.98 Å². The number of hydrogen-bond donors (Lipinski definition) is 1. The van der Waals surface area contributed by atoms with Crippen LogP contribution in [0.25, 0.3) is 10.2 Å². The number of aryl methyl sites for hydroxylation is 1. The lowest BCUT2D eigenvalue weighted by Gasteiger charge is -2.26. The third-order valence-corrected chi connectivity index (χ3v) is 7.07. The molecule has 1 fully saturated rings. The number of nitrogens with zero attached hydrogens (tertiary/aromatic N) is 3. The average Bonchev–Trinajstić information content (AvgIpc) is 3.08. The maximum atomic E-state index is 12.8. The van der Waals surface area contributed by atoms with Crippen molar-refractivity contribution in [2.75, 3.05) is 38.6 Å². The van der Waals surface area contributed by atoms with E-state index in [9.17, 15) is 9.59 Å². The van der Waals surface area contributed by atoms with E-state index < -0.39 is 0 Å². The van der Waals surface area contributed by atoms with Crippen LogP contribution in [-0.2, 0) is 16.0 Å². The van der Waals surface area contributed by atoms with Gasteiger partial charge in [0.25, 0.3) is 0 Å². The lowest BCUT2D eigenvalue weighted by Crippen LogP contribution is -2.44. The summed E-state index contributed by atoms with van der Waals surface area (Å²) in [5.41, 5.74) is 2.02. The van der Waals surface area contributed by atoms with Gasteiger partial charge in [-0.05, 0) is 49.6 Å². The molecule has 0 spiro atoms. The Balaban J connectivity index is 1.27. The van der Waals surface area contributed by atoms with Crippen molar-refractivity contribution < 1.29 is 14.3 Å². The van der Waals surface area contributed by atoms with Crippen LogP contribution < -0.4 is 10.1 Å². The normalized spacial score (nSPS) is 15.8. The number of ether oxygens (including phenoxy) is 1. The Morgan fingerprint density at radius 1 is 1.09 bits per heavy atom. The summed E-state index contributed by atoms with van der Waals surface area (Å²) in [6.45, 7) is 4.76. The van der Waals surface area contributed by atoms with Gasteiger partial charge in [0.15, 0.2) is 5.13 Å². The van der Waals surface area contributed by atoms with Crippen molar-refractivity contribution in [3.05, 3.63) is 54.1 Å². The molecule has 3 aromatic rings. The first-order valence-electron chi connectivity index (χ1n) is 11.3. The fourth-order valence-corrected chi connectivity index (χ4v) is 4.95. The Hall–Kier alpha value is -2.97. The fourth-order valence-electron chi connectivity index (χ4n) is 4.08. The smallest absolute Gasteiger partial charge is 0.243 e. The van der Waals surface area contributed by atoms with Gasteiger partial charge in [-0.2, -0.15) is 0 Å². The number of hydrogen-bond acceptors (Lipinski definition) is 6. The Morgan fingerprint density at radius 2 is 1.88 bits per heavy atom. The molecule has 174 valence electrons. The fraction of sp³-hybridized carbons (Fsp3) is 0.400. The van der Waals surface area contributed by atoms with Gasteiger partial charge in [-0.15, -0.1) is 0 Å². The molecule has 4 rings (SSSR count). The highest BCUT2D eigenvalue weighted by atomic mass is 32.1. The van der Waals surface area contributed by atoms with E-state index in [1.165, 1.54) is 11.3 Å². The van der Waals surface area contributed by atoms with Gasteiger partial charge in [-0.1, -0.05) is 35.6 Å². The van der Waals surface area contributed by atoms with Crippen molar-refractivity contribution in [2.24, 2.45) is 0 Å². The van der Waals surface area contributed by atoms with Crippen LogP contribution in [0.3, 0.4) is 0 Å². The molecule has 7 nitrogen and oxygen atoms in total. The highest BCUT2D eigenvalue weighted by Gasteiger charge is 2.26. The standard InChI is InChI=1S/C25H30N4O3S/c1-18(24(31)27-25-26-21-6-3-4-7-22(21)33-25)28-14-5-15-29(17-16-28)23(30)13-10-19-8-11-20(32-2)12-9-19/h3-4,6-9,11-12,18H,5,10,13-17H2,1-2H3,(H,26,27,31). The molecule has 2 heterocycles. The van der Waals surface area contributed by atoms with Crippen LogP contribution in [-0.4, -0.2) is 65.9 Å². The molecule has 1 aliphatic heterocycles. The topological polar surface area (TPSA) is 74.8 Å². The Morgan fingerprint density at radius 3 is 2.64 bits per heavy atom. The molecule has 1 aromatic heterocycles. The summed E-state index contributed by atoms with van der Waals surface area (Å²) in [5, 5.41) is 3.59. The van der Waals surface area contributed by atoms with Crippen LogP contribution in [0.1, 0.15) is 25.3 Å². The molecule has 33 heavy (non-hydrogen) atoms. The Kier molecular flexibility index (Phi) is 7.57. The van der Waals surface area contributed by atoms with Gasteiger partial charge >= 0.3 is 0 Å². The summed E-state index contributed by atoms with van der Waals surface area (Å²) in [6, 6.07) is 15.4. The zero-order valence-electron chi connectivity index (χ0n) is 19.1. The number of carbonyl (C=O) groups excluding carboxylic acids is 2. The SMILES string of the molecule is COc1ccc(CCC(=O)N2CCCN(C(C)C(=O)Nc3nc4ccccc4s3)CC2)cc1. The third-order valence-electron chi connectivity index (χ3n) is 6.12. The molecule has 1 saturated heterocycles.